The van der Waals surface area contributed by atoms with Crippen molar-refractivity contribution < 1.29 is 9.53 Å². The molecule has 0 atom stereocenters. The molecule has 1 aliphatic rings. The van der Waals surface area contributed by atoms with E-state index in [0.29, 0.717) is 17.9 Å². The standard InChI is InChI=1S/C13H19N3O2/c14-13(17)11-10-15-5-4-12(11)18-9-8-16-6-2-1-3-7-16/h4-5,10H,1-3,6-9H2,(H2,14,17). The lowest BCUT2D eigenvalue weighted by molar-refractivity contribution is 0.0994. The number of aromatic nitrogens is 1. The van der Waals surface area contributed by atoms with Gasteiger partial charge < -0.3 is 10.5 Å². The predicted octanol–water partition coefficient (Wildman–Crippen LogP) is 1.05. The van der Waals surface area contributed by atoms with Gasteiger partial charge in [0.25, 0.3) is 5.91 Å². The maximum Gasteiger partial charge on any atom is 0.254 e. The van der Waals surface area contributed by atoms with E-state index in [0.717, 1.165) is 19.6 Å². The number of hydrogen-bond acceptors (Lipinski definition) is 4. The van der Waals surface area contributed by atoms with Crippen LogP contribution in [-0.2, 0) is 0 Å². The third-order valence-electron chi connectivity index (χ3n) is 3.16. The number of amides is 1. The van der Waals surface area contributed by atoms with Gasteiger partial charge in [0.15, 0.2) is 0 Å². The van der Waals surface area contributed by atoms with Gasteiger partial charge >= 0.3 is 0 Å². The van der Waals surface area contributed by atoms with Crippen molar-refractivity contribution in [2.45, 2.75) is 19.3 Å². The van der Waals surface area contributed by atoms with Crippen molar-refractivity contribution in [1.82, 2.24) is 9.88 Å². The monoisotopic (exact) mass is 249 g/mol. The Morgan fingerprint density at radius 3 is 2.89 bits per heavy atom. The van der Waals surface area contributed by atoms with Crippen molar-refractivity contribution in [3.63, 3.8) is 0 Å². The Hall–Kier alpha value is -1.62. The number of nitrogens with two attached hydrogens (primary N) is 1. The Balaban J connectivity index is 1.84. The second kappa shape index (κ2) is 6.35. The summed E-state index contributed by atoms with van der Waals surface area (Å²) in [6.45, 7) is 3.75. The maximum absolute atomic E-state index is 11.2. The van der Waals surface area contributed by atoms with E-state index in [9.17, 15) is 4.79 Å². The number of primary amides is 1. The maximum atomic E-state index is 11.2. The summed E-state index contributed by atoms with van der Waals surface area (Å²) >= 11 is 0. The third-order valence-corrected chi connectivity index (χ3v) is 3.16. The summed E-state index contributed by atoms with van der Waals surface area (Å²) in [7, 11) is 0. The first-order valence-corrected chi connectivity index (χ1v) is 6.36. The minimum absolute atomic E-state index is 0.344. The number of hydrogen-bond donors (Lipinski definition) is 1. The molecule has 0 radical (unpaired) electrons. The SMILES string of the molecule is NC(=O)c1cnccc1OCCN1CCCCC1. The van der Waals surface area contributed by atoms with Gasteiger partial charge in [-0.25, -0.2) is 0 Å². The molecule has 98 valence electrons. The fourth-order valence-corrected chi connectivity index (χ4v) is 2.16. The second-order valence-corrected chi connectivity index (χ2v) is 4.49. The van der Waals surface area contributed by atoms with Crippen LogP contribution in [0.25, 0.3) is 0 Å². The lowest BCUT2D eigenvalue weighted by atomic mass is 10.1. The van der Waals surface area contributed by atoms with Gasteiger partial charge in [-0.3, -0.25) is 14.7 Å². The van der Waals surface area contributed by atoms with Gasteiger partial charge in [-0.2, -0.15) is 0 Å². The number of piperidine rings is 1. The topological polar surface area (TPSA) is 68.5 Å². The molecular formula is C13H19N3O2. The minimum atomic E-state index is -0.504. The molecule has 1 amide bonds. The molecule has 0 spiro atoms. The fraction of sp³-hybridized carbons (Fsp3) is 0.538. The van der Waals surface area contributed by atoms with E-state index >= 15 is 0 Å². The molecule has 2 heterocycles. The number of pyridine rings is 1. The summed E-state index contributed by atoms with van der Waals surface area (Å²) in [5.41, 5.74) is 5.60. The predicted molar refractivity (Wildman–Crippen MR) is 68.5 cm³/mol. The summed E-state index contributed by atoms with van der Waals surface area (Å²) in [6.07, 6.45) is 6.90. The Labute approximate surface area is 107 Å². The Kier molecular flexibility index (Phi) is 4.52. The van der Waals surface area contributed by atoms with E-state index in [4.69, 9.17) is 10.5 Å². The van der Waals surface area contributed by atoms with Crippen molar-refractivity contribution in [3.8, 4) is 5.75 Å². The summed E-state index contributed by atoms with van der Waals surface area (Å²) in [4.78, 5) is 17.4. The molecule has 2 N–H and O–H groups in total. The van der Waals surface area contributed by atoms with Gasteiger partial charge in [0.2, 0.25) is 0 Å². The van der Waals surface area contributed by atoms with Gasteiger partial charge in [-0.05, 0) is 32.0 Å². The van der Waals surface area contributed by atoms with Crippen LogP contribution in [0.4, 0.5) is 0 Å². The van der Waals surface area contributed by atoms with E-state index in [-0.39, 0.29) is 0 Å². The molecule has 0 unspecified atom stereocenters. The van der Waals surface area contributed by atoms with E-state index in [1.165, 1.54) is 25.5 Å². The molecule has 0 bridgehead atoms. The van der Waals surface area contributed by atoms with Crippen LogP contribution >= 0.6 is 0 Å². The third kappa shape index (κ3) is 3.43. The molecule has 1 aromatic rings. The van der Waals surface area contributed by atoms with Crippen molar-refractivity contribution in [1.29, 1.82) is 0 Å². The number of ether oxygens (including phenoxy) is 1. The Bertz CT molecular complexity index is 403. The summed E-state index contributed by atoms with van der Waals surface area (Å²) in [5.74, 6) is 0.0191. The Morgan fingerprint density at radius 2 is 2.17 bits per heavy atom. The molecule has 0 saturated carbocycles. The summed E-state index contributed by atoms with van der Waals surface area (Å²) < 4.78 is 5.62. The van der Waals surface area contributed by atoms with E-state index in [2.05, 4.69) is 9.88 Å². The first-order chi connectivity index (χ1) is 8.77. The highest BCUT2D eigenvalue weighted by Gasteiger charge is 2.12. The number of carbonyl (C=O) groups is 1. The van der Waals surface area contributed by atoms with E-state index in [1.54, 1.807) is 12.3 Å². The van der Waals surface area contributed by atoms with Crippen LogP contribution < -0.4 is 10.5 Å². The molecule has 5 nitrogen and oxygen atoms in total. The molecule has 2 rings (SSSR count). The molecule has 0 aliphatic carbocycles. The van der Waals surface area contributed by atoms with E-state index in [1.807, 2.05) is 0 Å². The summed E-state index contributed by atoms with van der Waals surface area (Å²) in [5, 5.41) is 0. The zero-order chi connectivity index (χ0) is 12.8. The zero-order valence-corrected chi connectivity index (χ0v) is 10.5. The van der Waals surface area contributed by atoms with Crippen LogP contribution in [-0.4, -0.2) is 42.0 Å². The largest absolute Gasteiger partial charge is 0.491 e. The van der Waals surface area contributed by atoms with Crippen LogP contribution in [0.1, 0.15) is 29.6 Å². The average Bonchev–Trinajstić information content (AvgIpc) is 2.40. The van der Waals surface area contributed by atoms with Crippen LogP contribution in [0.15, 0.2) is 18.5 Å². The molecule has 5 heteroatoms. The van der Waals surface area contributed by atoms with Gasteiger partial charge in [-0.1, -0.05) is 6.42 Å². The van der Waals surface area contributed by atoms with E-state index < -0.39 is 5.91 Å². The number of nitrogens with zero attached hydrogens (tertiary/aromatic N) is 2. The fourth-order valence-electron chi connectivity index (χ4n) is 2.16. The molecule has 18 heavy (non-hydrogen) atoms. The van der Waals surface area contributed by atoms with Crippen molar-refractivity contribution in [2.24, 2.45) is 5.73 Å². The first-order valence-electron chi connectivity index (χ1n) is 6.36. The van der Waals surface area contributed by atoms with Crippen LogP contribution in [0, 0.1) is 0 Å². The minimum Gasteiger partial charge on any atom is -0.491 e. The number of carbonyl (C=O) groups excluding carboxylic acids is 1. The van der Waals surface area contributed by atoms with Gasteiger partial charge in [-0.15, -0.1) is 0 Å². The van der Waals surface area contributed by atoms with Crippen molar-refractivity contribution >= 4 is 5.91 Å². The van der Waals surface area contributed by atoms with Crippen molar-refractivity contribution in [3.05, 3.63) is 24.0 Å². The second-order valence-electron chi connectivity index (χ2n) is 4.49. The highest BCUT2D eigenvalue weighted by atomic mass is 16.5. The lowest BCUT2D eigenvalue weighted by Gasteiger charge is -2.26. The molecule has 0 aromatic carbocycles. The zero-order valence-electron chi connectivity index (χ0n) is 10.5. The summed E-state index contributed by atoms with van der Waals surface area (Å²) in [6, 6.07) is 1.68. The van der Waals surface area contributed by atoms with Gasteiger partial charge in [0.05, 0.1) is 5.56 Å². The molecular weight excluding hydrogens is 230 g/mol. The quantitative estimate of drug-likeness (QED) is 0.846. The molecule has 1 aromatic heterocycles. The number of rotatable bonds is 5. The molecule has 1 aliphatic heterocycles. The highest BCUT2D eigenvalue weighted by molar-refractivity contribution is 5.95. The van der Waals surface area contributed by atoms with Crippen LogP contribution in [0.5, 0.6) is 5.75 Å². The van der Waals surface area contributed by atoms with Gasteiger partial charge in [0, 0.05) is 18.9 Å². The van der Waals surface area contributed by atoms with Gasteiger partial charge in [0.1, 0.15) is 12.4 Å². The molecule has 1 saturated heterocycles. The van der Waals surface area contributed by atoms with Crippen LogP contribution in [0.3, 0.4) is 0 Å². The van der Waals surface area contributed by atoms with Crippen molar-refractivity contribution in [2.75, 3.05) is 26.2 Å². The normalized spacial score (nSPS) is 16.4. The van der Waals surface area contributed by atoms with Crippen LogP contribution in [0.2, 0.25) is 0 Å². The molecule has 1 fully saturated rings. The first kappa shape index (κ1) is 12.8. The number of likely N-dealkylation sites (tertiary alicyclic amines) is 1. The smallest absolute Gasteiger partial charge is 0.254 e. The average molecular weight is 249 g/mol. The lowest BCUT2D eigenvalue weighted by Crippen LogP contribution is -2.33. The Morgan fingerprint density at radius 1 is 1.39 bits per heavy atom. The highest BCUT2D eigenvalue weighted by Crippen LogP contribution is 2.16.